The topological polar surface area (TPSA) is 71.9 Å². The summed E-state index contributed by atoms with van der Waals surface area (Å²) in [4.78, 5) is 11.7. The largest absolute Gasteiger partial charge is 0.299 e. The fourth-order valence-electron chi connectivity index (χ4n) is 2.20. The quantitative estimate of drug-likeness (QED) is 0.811. The zero-order valence-corrected chi connectivity index (χ0v) is 10.3. The molecule has 2 heterocycles. The van der Waals surface area contributed by atoms with Gasteiger partial charge in [0.1, 0.15) is 0 Å². The number of aromatic nitrogens is 2. The minimum absolute atomic E-state index is 0.0452. The molecule has 1 unspecified atom stereocenters. The van der Waals surface area contributed by atoms with Crippen molar-refractivity contribution in [3.05, 3.63) is 22.1 Å². The highest BCUT2D eigenvalue weighted by Crippen LogP contribution is 2.28. The van der Waals surface area contributed by atoms with Crippen LogP contribution in [-0.2, 0) is 21.8 Å². The molecule has 1 aliphatic rings. The van der Waals surface area contributed by atoms with Crippen LogP contribution in [0.2, 0.25) is 0 Å². The number of aryl methyl sites for hydroxylation is 1. The molecule has 5 nitrogen and oxygen atoms in total. The maximum Gasteiger partial charge on any atom is 0.267 e. The Morgan fingerprint density at radius 1 is 1.56 bits per heavy atom. The molecule has 1 fully saturated rings. The van der Waals surface area contributed by atoms with Crippen LogP contribution in [0.1, 0.15) is 26.0 Å². The van der Waals surface area contributed by atoms with E-state index in [9.17, 15) is 13.2 Å². The number of H-pyrrole nitrogens is 1. The summed E-state index contributed by atoms with van der Waals surface area (Å²) in [6.45, 7) is 3.76. The van der Waals surface area contributed by atoms with Gasteiger partial charge in [0, 0.05) is 11.8 Å². The van der Waals surface area contributed by atoms with Crippen LogP contribution in [0, 0.1) is 0 Å². The standard InChI is InChI=1S/C10H16N2O3S/c1-3-8-6-9(13)12(11-8)10(2)4-5-16(14,15)7-10/h6,11H,3-5,7H2,1-2H3. The Kier molecular flexibility index (Phi) is 2.49. The van der Waals surface area contributed by atoms with Crippen molar-refractivity contribution in [2.45, 2.75) is 32.2 Å². The van der Waals surface area contributed by atoms with E-state index in [0.717, 1.165) is 12.1 Å². The lowest BCUT2D eigenvalue weighted by molar-refractivity contribution is 0.318. The van der Waals surface area contributed by atoms with Crippen LogP contribution >= 0.6 is 0 Å². The number of nitrogens with zero attached hydrogens (tertiary/aromatic N) is 1. The maximum absolute atomic E-state index is 11.7. The maximum atomic E-state index is 11.7. The van der Waals surface area contributed by atoms with Gasteiger partial charge in [0.2, 0.25) is 0 Å². The Balaban J connectivity index is 2.45. The molecule has 0 saturated carbocycles. The van der Waals surface area contributed by atoms with Gasteiger partial charge in [-0.25, -0.2) is 13.1 Å². The van der Waals surface area contributed by atoms with E-state index in [2.05, 4.69) is 5.10 Å². The molecule has 0 radical (unpaired) electrons. The smallest absolute Gasteiger partial charge is 0.267 e. The van der Waals surface area contributed by atoms with Crippen molar-refractivity contribution in [3.63, 3.8) is 0 Å². The second-order valence-corrected chi connectivity index (χ2v) is 6.83. The average Bonchev–Trinajstić information content (AvgIpc) is 2.68. The van der Waals surface area contributed by atoms with Gasteiger partial charge in [-0.3, -0.25) is 9.89 Å². The molecular formula is C10H16N2O3S. The van der Waals surface area contributed by atoms with E-state index in [0.29, 0.717) is 6.42 Å². The predicted molar refractivity (Wildman–Crippen MR) is 61.3 cm³/mol. The molecule has 1 aliphatic heterocycles. The minimum atomic E-state index is -3.00. The van der Waals surface area contributed by atoms with Crippen molar-refractivity contribution in [2.24, 2.45) is 0 Å². The summed E-state index contributed by atoms with van der Waals surface area (Å²) in [6.07, 6.45) is 1.24. The fourth-order valence-corrected chi connectivity index (χ4v) is 4.31. The van der Waals surface area contributed by atoms with E-state index >= 15 is 0 Å². The van der Waals surface area contributed by atoms with Crippen molar-refractivity contribution < 1.29 is 8.42 Å². The lowest BCUT2D eigenvalue weighted by Gasteiger charge is -2.22. The second-order valence-electron chi connectivity index (χ2n) is 4.65. The molecule has 1 atom stereocenters. The van der Waals surface area contributed by atoms with E-state index in [1.165, 1.54) is 10.7 Å². The third kappa shape index (κ3) is 1.81. The first kappa shape index (κ1) is 11.4. The number of aromatic amines is 1. The summed E-state index contributed by atoms with van der Waals surface area (Å²) in [5.74, 6) is 0.208. The second kappa shape index (κ2) is 3.48. The van der Waals surface area contributed by atoms with Gasteiger partial charge >= 0.3 is 0 Å². The third-order valence-electron chi connectivity index (χ3n) is 3.18. The molecule has 1 N–H and O–H groups in total. The number of hydrogen-bond acceptors (Lipinski definition) is 3. The van der Waals surface area contributed by atoms with E-state index in [1.54, 1.807) is 0 Å². The molecule has 1 aromatic heterocycles. The molecule has 16 heavy (non-hydrogen) atoms. The highest BCUT2D eigenvalue weighted by molar-refractivity contribution is 7.91. The van der Waals surface area contributed by atoms with Crippen LogP contribution < -0.4 is 5.56 Å². The first-order chi connectivity index (χ1) is 7.36. The van der Waals surface area contributed by atoms with Crippen LogP contribution in [0.3, 0.4) is 0 Å². The number of nitrogens with one attached hydrogen (secondary N) is 1. The Hall–Kier alpha value is -1.04. The van der Waals surface area contributed by atoms with Gasteiger partial charge in [-0.05, 0) is 19.8 Å². The normalized spacial score (nSPS) is 28.4. The molecular weight excluding hydrogens is 228 g/mol. The third-order valence-corrected chi connectivity index (χ3v) is 5.06. The summed E-state index contributed by atoms with van der Waals surface area (Å²) in [6, 6.07) is 1.54. The van der Waals surface area contributed by atoms with Crippen molar-refractivity contribution in [1.29, 1.82) is 0 Å². The van der Waals surface area contributed by atoms with Crippen LogP contribution in [0.25, 0.3) is 0 Å². The van der Waals surface area contributed by atoms with Crippen LogP contribution in [0.4, 0.5) is 0 Å². The van der Waals surface area contributed by atoms with Crippen molar-refractivity contribution >= 4 is 9.84 Å². The van der Waals surface area contributed by atoms with Gasteiger partial charge in [0.25, 0.3) is 5.56 Å². The van der Waals surface area contributed by atoms with Crippen molar-refractivity contribution in [2.75, 3.05) is 11.5 Å². The van der Waals surface area contributed by atoms with Crippen LogP contribution in [0.15, 0.2) is 10.9 Å². The Labute approximate surface area is 94.4 Å². The summed E-state index contributed by atoms with van der Waals surface area (Å²) < 4.78 is 24.4. The van der Waals surface area contributed by atoms with E-state index in [4.69, 9.17) is 0 Å². The first-order valence-electron chi connectivity index (χ1n) is 5.38. The highest BCUT2D eigenvalue weighted by Gasteiger charge is 2.41. The SMILES string of the molecule is CCc1cc(=O)n(C2(C)CCS(=O)(=O)C2)[nH]1. The molecule has 2 rings (SSSR count). The Morgan fingerprint density at radius 2 is 2.25 bits per heavy atom. The molecule has 90 valence electrons. The fraction of sp³-hybridized carbons (Fsp3) is 0.700. The summed E-state index contributed by atoms with van der Waals surface area (Å²) in [5.41, 5.74) is 0.0931. The molecule has 0 spiro atoms. The number of sulfone groups is 1. The zero-order chi connectivity index (χ0) is 12.0. The molecule has 1 saturated heterocycles. The van der Waals surface area contributed by atoms with Gasteiger partial charge < -0.3 is 0 Å². The van der Waals surface area contributed by atoms with E-state index < -0.39 is 15.4 Å². The van der Waals surface area contributed by atoms with E-state index in [-0.39, 0.29) is 17.1 Å². The average molecular weight is 244 g/mol. The summed E-state index contributed by atoms with van der Waals surface area (Å²) >= 11 is 0. The molecule has 0 amide bonds. The van der Waals surface area contributed by atoms with Crippen molar-refractivity contribution in [3.8, 4) is 0 Å². The van der Waals surface area contributed by atoms with Crippen LogP contribution in [-0.4, -0.2) is 29.7 Å². The zero-order valence-electron chi connectivity index (χ0n) is 9.49. The molecule has 0 bridgehead atoms. The molecule has 0 aromatic carbocycles. The lowest BCUT2D eigenvalue weighted by atomic mass is 10.0. The van der Waals surface area contributed by atoms with Crippen molar-refractivity contribution in [1.82, 2.24) is 9.78 Å². The predicted octanol–water partition coefficient (Wildman–Crippen LogP) is 0.273. The monoisotopic (exact) mass is 244 g/mol. The molecule has 6 heteroatoms. The summed E-state index contributed by atoms with van der Waals surface area (Å²) in [7, 11) is -3.00. The first-order valence-corrected chi connectivity index (χ1v) is 7.20. The number of hydrogen-bond donors (Lipinski definition) is 1. The minimum Gasteiger partial charge on any atom is -0.299 e. The highest BCUT2D eigenvalue weighted by atomic mass is 32.2. The molecule has 1 aromatic rings. The Morgan fingerprint density at radius 3 is 2.69 bits per heavy atom. The number of rotatable bonds is 2. The molecule has 0 aliphatic carbocycles. The Bertz CT molecular complexity index is 555. The van der Waals surface area contributed by atoms with Gasteiger partial charge in [-0.15, -0.1) is 0 Å². The van der Waals surface area contributed by atoms with Gasteiger partial charge in [0.15, 0.2) is 9.84 Å². The van der Waals surface area contributed by atoms with Gasteiger partial charge in [0.05, 0.1) is 17.0 Å². The van der Waals surface area contributed by atoms with E-state index in [1.807, 2.05) is 13.8 Å². The van der Waals surface area contributed by atoms with Gasteiger partial charge in [-0.1, -0.05) is 6.92 Å². The summed E-state index contributed by atoms with van der Waals surface area (Å²) in [5, 5.41) is 2.99. The lowest BCUT2D eigenvalue weighted by Crippen LogP contribution is -2.38. The van der Waals surface area contributed by atoms with Gasteiger partial charge in [-0.2, -0.15) is 0 Å². The van der Waals surface area contributed by atoms with Crippen LogP contribution in [0.5, 0.6) is 0 Å².